The van der Waals surface area contributed by atoms with Gasteiger partial charge in [-0.2, -0.15) is 0 Å². The fraction of sp³-hybridized carbons (Fsp3) is 0.533. The van der Waals surface area contributed by atoms with E-state index in [1.165, 1.54) is 12.5 Å². The Labute approximate surface area is 124 Å². The smallest absolute Gasteiger partial charge is 0.239 e. The molecule has 1 aliphatic rings. The number of nitrogens with one attached hydrogen (secondary N) is 1. The van der Waals surface area contributed by atoms with Crippen molar-refractivity contribution >= 4 is 17.5 Å². The minimum absolute atomic E-state index is 0.0964. The van der Waals surface area contributed by atoms with Crippen molar-refractivity contribution in [3.8, 4) is 0 Å². The number of halogens is 2. The van der Waals surface area contributed by atoms with E-state index in [4.69, 9.17) is 11.6 Å². The molecular weight excluding hydrogens is 279 g/mol. The summed E-state index contributed by atoms with van der Waals surface area (Å²) in [6.45, 7) is 3.81. The average Bonchev–Trinajstić information content (AvgIpc) is 2.46. The Balaban J connectivity index is 1.87. The number of hydrogen-bond acceptors (Lipinski definition) is 2. The zero-order chi connectivity index (χ0) is 14.5. The van der Waals surface area contributed by atoms with E-state index in [0.29, 0.717) is 17.1 Å². The maximum Gasteiger partial charge on any atom is 0.239 e. The first-order valence-electron chi connectivity index (χ1n) is 7.04. The quantitative estimate of drug-likeness (QED) is 0.927. The summed E-state index contributed by atoms with van der Waals surface area (Å²) in [5.41, 5.74) is 0.521. The van der Waals surface area contributed by atoms with Crippen molar-refractivity contribution in [3.63, 3.8) is 0 Å². The van der Waals surface area contributed by atoms with Gasteiger partial charge in [-0.05, 0) is 38.3 Å². The Morgan fingerprint density at radius 2 is 2.10 bits per heavy atom. The number of hydrogen-bond donors (Lipinski definition) is 1. The zero-order valence-corrected chi connectivity index (χ0v) is 12.4. The number of benzene rings is 1. The normalized spacial score (nSPS) is 17.1. The minimum atomic E-state index is -0.345. The lowest BCUT2D eigenvalue weighted by molar-refractivity contribution is -0.133. The van der Waals surface area contributed by atoms with Crippen molar-refractivity contribution in [1.29, 1.82) is 0 Å². The van der Waals surface area contributed by atoms with Crippen LogP contribution in [-0.4, -0.2) is 29.9 Å². The maximum atomic E-state index is 13.6. The molecule has 1 unspecified atom stereocenters. The summed E-state index contributed by atoms with van der Waals surface area (Å²) in [4.78, 5) is 14.1. The van der Waals surface area contributed by atoms with Gasteiger partial charge in [0.05, 0.1) is 6.04 Å². The average molecular weight is 299 g/mol. The molecule has 1 aromatic rings. The van der Waals surface area contributed by atoms with Crippen LogP contribution in [0.15, 0.2) is 18.2 Å². The van der Waals surface area contributed by atoms with Gasteiger partial charge in [0.1, 0.15) is 5.82 Å². The van der Waals surface area contributed by atoms with Gasteiger partial charge in [-0.1, -0.05) is 17.7 Å². The highest BCUT2D eigenvalue weighted by Gasteiger charge is 2.21. The van der Waals surface area contributed by atoms with Gasteiger partial charge in [-0.15, -0.1) is 0 Å². The monoisotopic (exact) mass is 298 g/mol. The van der Waals surface area contributed by atoms with E-state index in [1.807, 2.05) is 11.8 Å². The van der Waals surface area contributed by atoms with Crippen molar-refractivity contribution in [2.75, 3.05) is 13.1 Å². The number of carbonyl (C=O) groups excluding carboxylic acids is 1. The molecule has 0 saturated carbocycles. The molecule has 0 radical (unpaired) electrons. The predicted molar refractivity (Wildman–Crippen MR) is 78.1 cm³/mol. The number of amides is 1. The molecule has 1 heterocycles. The SMILES string of the molecule is CC(NCc1ccc(Cl)cc1F)C(=O)N1CCCCC1. The number of nitrogens with zero attached hydrogens (tertiary/aromatic N) is 1. The van der Waals surface area contributed by atoms with E-state index in [-0.39, 0.29) is 17.8 Å². The van der Waals surface area contributed by atoms with Gasteiger partial charge in [-0.25, -0.2) is 4.39 Å². The molecule has 1 saturated heterocycles. The van der Waals surface area contributed by atoms with Crippen LogP contribution >= 0.6 is 11.6 Å². The molecular formula is C15H20ClFN2O. The van der Waals surface area contributed by atoms with Gasteiger partial charge in [0.15, 0.2) is 0 Å². The van der Waals surface area contributed by atoms with Crippen LogP contribution in [-0.2, 0) is 11.3 Å². The number of piperidine rings is 1. The third kappa shape index (κ3) is 3.93. The lowest BCUT2D eigenvalue weighted by Crippen LogP contribution is -2.46. The van der Waals surface area contributed by atoms with Crippen LogP contribution in [0.2, 0.25) is 5.02 Å². The molecule has 3 nitrogen and oxygen atoms in total. The van der Waals surface area contributed by atoms with Crippen molar-refractivity contribution < 1.29 is 9.18 Å². The van der Waals surface area contributed by atoms with E-state index >= 15 is 0 Å². The summed E-state index contributed by atoms with van der Waals surface area (Å²) in [7, 11) is 0. The van der Waals surface area contributed by atoms with Crippen LogP contribution in [0.1, 0.15) is 31.7 Å². The molecule has 1 amide bonds. The number of rotatable bonds is 4. The zero-order valence-electron chi connectivity index (χ0n) is 11.7. The topological polar surface area (TPSA) is 32.3 Å². The van der Waals surface area contributed by atoms with E-state index in [2.05, 4.69) is 5.32 Å². The molecule has 1 fully saturated rings. The molecule has 0 spiro atoms. The second kappa shape index (κ2) is 7.04. The largest absolute Gasteiger partial charge is 0.341 e. The summed E-state index contributed by atoms with van der Waals surface area (Å²) in [6.07, 6.45) is 3.34. The highest BCUT2D eigenvalue weighted by molar-refractivity contribution is 6.30. The Morgan fingerprint density at radius 1 is 1.40 bits per heavy atom. The standard InChI is InChI=1S/C15H20ClFN2O/c1-11(15(20)19-7-3-2-4-8-19)18-10-12-5-6-13(16)9-14(12)17/h5-6,9,11,18H,2-4,7-8,10H2,1H3. The predicted octanol–water partition coefficient (Wildman–Crippen LogP) is 2.97. The van der Waals surface area contributed by atoms with Crippen LogP contribution in [0.4, 0.5) is 4.39 Å². The molecule has 1 N–H and O–H groups in total. The Morgan fingerprint density at radius 3 is 2.75 bits per heavy atom. The molecule has 110 valence electrons. The molecule has 0 aliphatic carbocycles. The van der Waals surface area contributed by atoms with Gasteiger partial charge in [0.25, 0.3) is 0 Å². The summed E-state index contributed by atoms with van der Waals surface area (Å²) in [6, 6.07) is 4.28. The Hall–Kier alpha value is -1.13. The lowest BCUT2D eigenvalue weighted by Gasteiger charge is -2.29. The Kier molecular flexibility index (Phi) is 5.38. The van der Waals surface area contributed by atoms with Crippen molar-refractivity contribution in [3.05, 3.63) is 34.6 Å². The first kappa shape index (κ1) is 15.3. The van der Waals surface area contributed by atoms with Gasteiger partial charge in [0.2, 0.25) is 5.91 Å². The molecule has 1 atom stereocenters. The van der Waals surface area contributed by atoms with Crippen molar-refractivity contribution in [1.82, 2.24) is 10.2 Å². The first-order valence-corrected chi connectivity index (χ1v) is 7.42. The van der Waals surface area contributed by atoms with Crippen LogP contribution in [0.25, 0.3) is 0 Å². The van der Waals surface area contributed by atoms with Crippen LogP contribution in [0, 0.1) is 5.82 Å². The molecule has 2 rings (SSSR count). The number of likely N-dealkylation sites (tertiary alicyclic amines) is 1. The summed E-state index contributed by atoms with van der Waals surface area (Å²) in [5, 5.41) is 3.46. The summed E-state index contributed by atoms with van der Waals surface area (Å²) >= 11 is 5.71. The van der Waals surface area contributed by atoms with Crippen LogP contribution in [0.5, 0.6) is 0 Å². The van der Waals surface area contributed by atoms with E-state index < -0.39 is 0 Å². The van der Waals surface area contributed by atoms with E-state index in [0.717, 1.165) is 25.9 Å². The van der Waals surface area contributed by atoms with Crippen molar-refractivity contribution in [2.24, 2.45) is 0 Å². The fourth-order valence-corrected chi connectivity index (χ4v) is 2.56. The first-order chi connectivity index (χ1) is 9.58. The summed E-state index contributed by atoms with van der Waals surface area (Å²) < 4.78 is 13.6. The lowest BCUT2D eigenvalue weighted by atomic mass is 10.1. The molecule has 20 heavy (non-hydrogen) atoms. The molecule has 0 aromatic heterocycles. The van der Waals surface area contributed by atoms with Crippen LogP contribution < -0.4 is 5.32 Å². The molecule has 0 bridgehead atoms. The maximum absolute atomic E-state index is 13.6. The second-order valence-electron chi connectivity index (χ2n) is 5.22. The molecule has 5 heteroatoms. The summed E-state index contributed by atoms with van der Waals surface area (Å²) in [5.74, 6) is -0.248. The fourth-order valence-electron chi connectivity index (χ4n) is 2.40. The molecule has 1 aromatic carbocycles. The third-order valence-electron chi connectivity index (χ3n) is 3.65. The van der Waals surface area contributed by atoms with E-state index in [1.54, 1.807) is 12.1 Å². The van der Waals surface area contributed by atoms with Crippen molar-refractivity contribution in [2.45, 2.75) is 38.8 Å². The molecule has 1 aliphatic heterocycles. The highest BCUT2D eigenvalue weighted by atomic mass is 35.5. The minimum Gasteiger partial charge on any atom is -0.341 e. The van der Waals surface area contributed by atoms with Crippen LogP contribution in [0.3, 0.4) is 0 Å². The van der Waals surface area contributed by atoms with E-state index in [9.17, 15) is 9.18 Å². The Bertz CT molecular complexity index is 475. The number of carbonyl (C=O) groups is 1. The van der Waals surface area contributed by atoms with Gasteiger partial charge >= 0.3 is 0 Å². The second-order valence-corrected chi connectivity index (χ2v) is 5.66. The van der Waals surface area contributed by atoms with Gasteiger partial charge in [-0.3, -0.25) is 4.79 Å². The third-order valence-corrected chi connectivity index (χ3v) is 3.89. The van der Waals surface area contributed by atoms with Gasteiger partial charge < -0.3 is 10.2 Å². The van der Waals surface area contributed by atoms with Gasteiger partial charge in [0, 0.05) is 30.2 Å². The highest BCUT2D eigenvalue weighted by Crippen LogP contribution is 2.15.